The number of hydrogen-bond donors (Lipinski definition) is 1. The number of alkyl halides is 3. The summed E-state index contributed by atoms with van der Waals surface area (Å²) in [5.74, 6) is 0.0588. The van der Waals surface area contributed by atoms with E-state index in [2.05, 4.69) is 10.3 Å². The number of oxazole rings is 1. The number of halogens is 4. The summed E-state index contributed by atoms with van der Waals surface area (Å²) >= 11 is 6.70. The molecule has 1 heterocycles. The molecule has 3 nitrogen and oxygen atoms in total. The van der Waals surface area contributed by atoms with E-state index in [-0.39, 0.29) is 6.54 Å². The highest BCUT2D eigenvalue weighted by molar-refractivity contribution is 7.99. The molecule has 0 atom stereocenters. The summed E-state index contributed by atoms with van der Waals surface area (Å²) in [5.41, 5.74) is 1.40. The number of nitrogens with zero attached hydrogens (tertiary/aromatic N) is 1. The summed E-state index contributed by atoms with van der Waals surface area (Å²) < 4.78 is 43.0. The maximum absolute atomic E-state index is 12.4. The van der Waals surface area contributed by atoms with Gasteiger partial charge in [0.05, 0.1) is 18.5 Å². The molecule has 0 saturated carbocycles. The lowest BCUT2D eigenvalue weighted by Gasteiger charge is -2.11. The van der Waals surface area contributed by atoms with E-state index in [1.165, 1.54) is 0 Å². The van der Waals surface area contributed by atoms with Gasteiger partial charge in [-0.05, 0) is 24.3 Å². The minimum atomic E-state index is -4.22. The fourth-order valence-electron chi connectivity index (χ4n) is 2.24. The second kappa shape index (κ2) is 8.05. The number of anilines is 1. The molecule has 3 aromatic rings. The Labute approximate surface area is 157 Å². The number of hydrogen-bond acceptors (Lipinski definition) is 4. The Morgan fingerprint density at radius 3 is 2.69 bits per heavy atom. The number of benzene rings is 2. The van der Waals surface area contributed by atoms with Crippen LogP contribution in [-0.4, -0.2) is 16.9 Å². The normalized spacial score (nSPS) is 11.5. The van der Waals surface area contributed by atoms with Gasteiger partial charge in [0.2, 0.25) is 5.89 Å². The lowest BCUT2D eigenvalue weighted by atomic mass is 10.2. The van der Waals surface area contributed by atoms with E-state index in [1.54, 1.807) is 42.6 Å². The zero-order chi connectivity index (χ0) is 18.6. The number of aromatic nitrogens is 1. The third-order valence-corrected chi connectivity index (χ3v) is 4.74. The average Bonchev–Trinajstić information content (AvgIpc) is 3.07. The summed E-state index contributed by atoms with van der Waals surface area (Å²) in [6.07, 6.45) is -2.63. The molecule has 0 spiro atoms. The van der Waals surface area contributed by atoms with Crippen molar-refractivity contribution in [3.8, 4) is 11.3 Å². The first kappa shape index (κ1) is 18.7. The van der Waals surface area contributed by atoms with Crippen LogP contribution in [0.25, 0.3) is 11.3 Å². The predicted molar refractivity (Wildman–Crippen MR) is 97.5 cm³/mol. The maximum atomic E-state index is 12.4. The SMILES string of the molecule is FC(F)(F)CSc1ccccc1NCc1ncc(-c2cccc(Cl)c2)o1. The van der Waals surface area contributed by atoms with Crippen molar-refractivity contribution < 1.29 is 17.6 Å². The van der Waals surface area contributed by atoms with Crippen LogP contribution in [0.2, 0.25) is 5.02 Å². The summed E-state index contributed by atoms with van der Waals surface area (Å²) in [6, 6.07) is 14.0. The highest BCUT2D eigenvalue weighted by Gasteiger charge is 2.27. The summed E-state index contributed by atoms with van der Waals surface area (Å²) in [6.45, 7) is 0.254. The van der Waals surface area contributed by atoms with Gasteiger partial charge in [0.1, 0.15) is 0 Å². The van der Waals surface area contributed by atoms with Crippen LogP contribution in [0.15, 0.2) is 64.0 Å². The van der Waals surface area contributed by atoms with Crippen molar-refractivity contribution in [3.05, 3.63) is 65.6 Å². The molecule has 8 heteroatoms. The Balaban J connectivity index is 1.67. The summed E-state index contributed by atoms with van der Waals surface area (Å²) in [4.78, 5) is 4.71. The molecule has 0 aliphatic carbocycles. The highest BCUT2D eigenvalue weighted by Crippen LogP contribution is 2.32. The van der Waals surface area contributed by atoms with Crippen LogP contribution in [-0.2, 0) is 6.54 Å². The lowest BCUT2D eigenvalue weighted by molar-refractivity contribution is -0.105. The van der Waals surface area contributed by atoms with Gasteiger partial charge in [0.15, 0.2) is 5.76 Å². The topological polar surface area (TPSA) is 38.1 Å². The monoisotopic (exact) mass is 398 g/mol. The Bertz CT molecular complexity index is 883. The molecule has 2 aromatic carbocycles. The van der Waals surface area contributed by atoms with Crippen molar-refractivity contribution in [3.63, 3.8) is 0 Å². The summed E-state index contributed by atoms with van der Waals surface area (Å²) in [5, 5.41) is 3.66. The third-order valence-electron chi connectivity index (χ3n) is 3.37. The van der Waals surface area contributed by atoms with Gasteiger partial charge in [0, 0.05) is 21.2 Å². The highest BCUT2D eigenvalue weighted by atomic mass is 35.5. The third kappa shape index (κ3) is 5.19. The van der Waals surface area contributed by atoms with Crippen LogP contribution in [0.5, 0.6) is 0 Å². The van der Waals surface area contributed by atoms with Crippen molar-refractivity contribution in [2.24, 2.45) is 0 Å². The maximum Gasteiger partial charge on any atom is 0.398 e. The predicted octanol–water partition coefficient (Wildman–Crippen LogP) is 6.26. The number of nitrogens with one attached hydrogen (secondary N) is 1. The Hall–Kier alpha value is -2.12. The van der Waals surface area contributed by atoms with Crippen molar-refractivity contribution in [1.82, 2.24) is 4.98 Å². The summed E-state index contributed by atoms with van der Waals surface area (Å²) in [7, 11) is 0. The van der Waals surface area contributed by atoms with Crippen LogP contribution >= 0.6 is 23.4 Å². The van der Waals surface area contributed by atoms with Crippen LogP contribution in [0.3, 0.4) is 0 Å². The van der Waals surface area contributed by atoms with Crippen molar-refractivity contribution >= 4 is 29.1 Å². The molecule has 0 fully saturated rings. The first-order valence-corrected chi connectivity index (χ1v) is 9.00. The molecule has 3 rings (SSSR count). The number of para-hydroxylation sites is 1. The zero-order valence-corrected chi connectivity index (χ0v) is 15.0. The van der Waals surface area contributed by atoms with Crippen LogP contribution in [0.1, 0.15) is 5.89 Å². The Morgan fingerprint density at radius 1 is 1.12 bits per heavy atom. The standard InChI is InChI=1S/C18H14ClF3N2OS/c19-13-5-3-4-12(8-13)15-9-24-17(25-15)10-23-14-6-1-2-7-16(14)26-11-18(20,21)22/h1-9,23H,10-11H2. The molecule has 1 N–H and O–H groups in total. The molecular formula is C18H14ClF3N2OS. The molecule has 0 aliphatic heterocycles. The van der Waals surface area contributed by atoms with Gasteiger partial charge < -0.3 is 9.73 Å². The van der Waals surface area contributed by atoms with E-state index >= 15 is 0 Å². The van der Waals surface area contributed by atoms with E-state index in [0.29, 0.717) is 27.3 Å². The van der Waals surface area contributed by atoms with Crippen LogP contribution in [0, 0.1) is 0 Å². The zero-order valence-electron chi connectivity index (χ0n) is 13.4. The molecule has 136 valence electrons. The molecular weight excluding hydrogens is 385 g/mol. The van der Waals surface area contributed by atoms with E-state index in [9.17, 15) is 13.2 Å². The molecule has 1 aromatic heterocycles. The van der Waals surface area contributed by atoms with Gasteiger partial charge in [0.25, 0.3) is 0 Å². The fraction of sp³-hybridized carbons (Fsp3) is 0.167. The molecule has 0 radical (unpaired) electrons. The van der Waals surface area contributed by atoms with Gasteiger partial charge in [-0.1, -0.05) is 35.9 Å². The largest absolute Gasteiger partial charge is 0.439 e. The molecule has 0 aliphatic rings. The molecule has 0 unspecified atom stereocenters. The molecule has 0 saturated heterocycles. The van der Waals surface area contributed by atoms with Gasteiger partial charge in [-0.25, -0.2) is 4.98 Å². The van der Waals surface area contributed by atoms with E-state index in [1.807, 2.05) is 12.1 Å². The van der Waals surface area contributed by atoms with E-state index in [0.717, 1.165) is 17.3 Å². The lowest BCUT2D eigenvalue weighted by Crippen LogP contribution is -2.11. The van der Waals surface area contributed by atoms with Gasteiger partial charge in [-0.2, -0.15) is 13.2 Å². The van der Waals surface area contributed by atoms with Gasteiger partial charge >= 0.3 is 6.18 Å². The smallest absolute Gasteiger partial charge is 0.398 e. The molecule has 0 amide bonds. The second-order valence-corrected chi connectivity index (χ2v) is 6.84. The Kier molecular flexibility index (Phi) is 5.78. The van der Waals surface area contributed by atoms with Gasteiger partial charge in [-0.15, -0.1) is 11.8 Å². The molecule has 26 heavy (non-hydrogen) atoms. The van der Waals surface area contributed by atoms with Gasteiger partial charge in [-0.3, -0.25) is 0 Å². The Morgan fingerprint density at radius 2 is 1.92 bits per heavy atom. The first-order valence-electron chi connectivity index (χ1n) is 7.64. The minimum Gasteiger partial charge on any atom is -0.439 e. The fourth-order valence-corrected chi connectivity index (χ4v) is 3.22. The van der Waals surface area contributed by atoms with Crippen molar-refractivity contribution in [2.45, 2.75) is 17.6 Å². The minimum absolute atomic E-state index is 0.254. The van der Waals surface area contributed by atoms with E-state index < -0.39 is 11.9 Å². The first-order chi connectivity index (χ1) is 12.4. The van der Waals surface area contributed by atoms with E-state index in [4.69, 9.17) is 16.0 Å². The molecule has 0 bridgehead atoms. The van der Waals surface area contributed by atoms with Crippen LogP contribution < -0.4 is 5.32 Å². The number of thioether (sulfide) groups is 1. The van der Waals surface area contributed by atoms with Crippen molar-refractivity contribution in [1.29, 1.82) is 0 Å². The van der Waals surface area contributed by atoms with Crippen LogP contribution in [0.4, 0.5) is 18.9 Å². The second-order valence-electron chi connectivity index (χ2n) is 5.38. The average molecular weight is 399 g/mol. The quantitative estimate of drug-likeness (QED) is 0.497. The van der Waals surface area contributed by atoms with Crippen molar-refractivity contribution in [2.75, 3.05) is 11.1 Å². The number of rotatable bonds is 6.